The third-order valence-electron chi connectivity index (χ3n) is 2.59. The van der Waals surface area contributed by atoms with Gasteiger partial charge >= 0.3 is 6.03 Å². The minimum absolute atomic E-state index is 0.0264. The van der Waals surface area contributed by atoms with Gasteiger partial charge in [0.2, 0.25) is 0 Å². The van der Waals surface area contributed by atoms with Crippen molar-refractivity contribution in [2.45, 2.75) is 13.0 Å². The van der Waals surface area contributed by atoms with Crippen LogP contribution in [0.15, 0.2) is 36.7 Å². The predicted octanol–water partition coefficient (Wildman–Crippen LogP) is 2.89. The van der Waals surface area contributed by atoms with Gasteiger partial charge in [-0.1, -0.05) is 11.6 Å². The highest BCUT2D eigenvalue weighted by molar-refractivity contribution is 6.31. The van der Waals surface area contributed by atoms with E-state index in [1.165, 1.54) is 18.2 Å². The molecule has 2 aromatic rings. The number of hydrogen-bond acceptors (Lipinski definition) is 2. The average Bonchev–Trinajstić information content (AvgIpc) is 2.92. The summed E-state index contributed by atoms with van der Waals surface area (Å²) in [6, 6.07) is 5.51. The smallest absolute Gasteiger partial charge is 0.319 e. The van der Waals surface area contributed by atoms with E-state index >= 15 is 0 Å². The van der Waals surface area contributed by atoms with Crippen LogP contribution in [0, 0.1) is 5.82 Å². The van der Waals surface area contributed by atoms with Crippen LogP contribution in [0.4, 0.5) is 14.9 Å². The molecule has 5 nitrogen and oxygen atoms in total. The van der Waals surface area contributed by atoms with E-state index in [-0.39, 0.29) is 11.1 Å². The van der Waals surface area contributed by atoms with Gasteiger partial charge in [0, 0.05) is 31.2 Å². The maximum absolute atomic E-state index is 13.0. The Hall–Kier alpha value is -2.08. The predicted molar refractivity (Wildman–Crippen MR) is 75.3 cm³/mol. The zero-order valence-electron chi connectivity index (χ0n) is 10.6. The number of aromatic nitrogens is 2. The fourth-order valence-corrected chi connectivity index (χ4v) is 1.81. The minimum atomic E-state index is -0.517. The van der Waals surface area contributed by atoms with Gasteiger partial charge < -0.3 is 10.6 Å². The van der Waals surface area contributed by atoms with Gasteiger partial charge in [-0.3, -0.25) is 4.68 Å². The number of carbonyl (C=O) groups excluding carboxylic acids is 1. The molecule has 0 bridgehead atoms. The molecule has 0 atom stereocenters. The third-order valence-corrected chi connectivity index (χ3v) is 2.88. The van der Waals surface area contributed by atoms with E-state index in [1.807, 2.05) is 12.3 Å². The number of urea groups is 1. The summed E-state index contributed by atoms with van der Waals surface area (Å²) >= 11 is 5.62. The molecule has 0 radical (unpaired) electrons. The summed E-state index contributed by atoms with van der Waals surface area (Å²) < 4.78 is 14.7. The highest BCUT2D eigenvalue weighted by Gasteiger charge is 2.04. The molecule has 1 aromatic heterocycles. The number of anilines is 1. The first kappa shape index (κ1) is 14.3. The molecule has 106 valence electrons. The normalized spacial score (nSPS) is 10.3. The molecule has 2 N–H and O–H groups in total. The van der Waals surface area contributed by atoms with Gasteiger partial charge in [0.25, 0.3) is 0 Å². The Balaban J connectivity index is 1.71. The van der Waals surface area contributed by atoms with Gasteiger partial charge in [0.1, 0.15) is 5.82 Å². The minimum Gasteiger partial charge on any atom is -0.338 e. The molecular formula is C13H14ClFN4O. The van der Waals surface area contributed by atoms with E-state index in [0.717, 1.165) is 13.0 Å². The van der Waals surface area contributed by atoms with Crippen molar-refractivity contribution >= 4 is 23.3 Å². The van der Waals surface area contributed by atoms with Gasteiger partial charge in [-0.15, -0.1) is 0 Å². The summed E-state index contributed by atoms with van der Waals surface area (Å²) in [6.45, 7) is 1.25. The van der Waals surface area contributed by atoms with Gasteiger partial charge in [0.15, 0.2) is 0 Å². The van der Waals surface area contributed by atoms with Crippen molar-refractivity contribution in [1.29, 1.82) is 0 Å². The quantitative estimate of drug-likeness (QED) is 0.834. The van der Waals surface area contributed by atoms with Crippen LogP contribution in [-0.2, 0) is 6.54 Å². The number of aryl methyl sites for hydroxylation is 1. The number of carbonyl (C=O) groups is 1. The Bertz CT molecular complexity index is 574. The average molecular weight is 297 g/mol. The van der Waals surface area contributed by atoms with E-state index in [9.17, 15) is 9.18 Å². The Morgan fingerprint density at radius 2 is 2.30 bits per heavy atom. The molecule has 0 saturated carbocycles. The summed E-state index contributed by atoms with van der Waals surface area (Å²) in [5, 5.41) is 9.31. The number of halogens is 2. The zero-order chi connectivity index (χ0) is 14.4. The van der Waals surface area contributed by atoms with Crippen molar-refractivity contribution in [2.75, 3.05) is 11.9 Å². The number of nitrogens with one attached hydrogen (secondary N) is 2. The zero-order valence-corrected chi connectivity index (χ0v) is 11.4. The maximum atomic E-state index is 13.0. The lowest BCUT2D eigenvalue weighted by atomic mass is 10.3. The SMILES string of the molecule is O=C(NCCCn1cccn1)Nc1ccc(F)c(Cl)c1. The van der Waals surface area contributed by atoms with E-state index in [1.54, 1.807) is 10.9 Å². The van der Waals surface area contributed by atoms with Crippen molar-refractivity contribution < 1.29 is 9.18 Å². The second-order valence-electron chi connectivity index (χ2n) is 4.13. The van der Waals surface area contributed by atoms with E-state index in [4.69, 9.17) is 11.6 Å². The van der Waals surface area contributed by atoms with Crippen LogP contribution < -0.4 is 10.6 Å². The Labute approximate surface area is 120 Å². The van der Waals surface area contributed by atoms with Crippen LogP contribution in [-0.4, -0.2) is 22.4 Å². The van der Waals surface area contributed by atoms with Crippen molar-refractivity contribution in [3.8, 4) is 0 Å². The monoisotopic (exact) mass is 296 g/mol. The maximum Gasteiger partial charge on any atom is 0.319 e. The second-order valence-corrected chi connectivity index (χ2v) is 4.54. The fourth-order valence-electron chi connectivity index (χ4n) is 1.62. The van der Waals surface area contributed by atoms with Crippen LogP contribution in [0.5, 0.6) is 0 Å². The van der Waals surface area contributed by atoms with Crippen LogP contribution in [0.3, 0.4) is 0 Å². The van der Waals surface area contributed by atoms with Gasteiger partial charge in [-0.05, 0) is 30.7 Å². The molecule has 2 amide bonds. The summed E-state index contributed by atoms with van der Waals surface area (Å²) in [5.74, 6) is -0.517. The molecule has 0 saturated heterocycles. The van der Waals surface area contributed by atoms with E-state index < -0.39 is 5.82 Å². The molecule has 0 aliphatic heterocycles. The molecule has 0 fully saturated rings. The molecule has 0 aliphatic carbocycles. The molecule has 7 heteroatoms. The van der Waals surface area contributed by atoms with Crippen molar-refractivity contribution in [1.82, 2.24) is 15.1 Å². The number of amides is 2. The summed E-state index contributed by atoms with van der Waals surface area (Å²) in [5.41, 5.74) is 0.445. The first-order valence-electron chi connectivity index (χ1n) is 6.12. The number of hydrogen-bond donors (Lipinski definition) is 2. The van der Waals surface area contributed by atoms with E-state index in [0.29, 0.717) is 12.2 Å². The van der Waals surface area contributed by atoms with Crippen LogP contribution >= 0.6 is 11.6 Å². The summed E-state index contributed by atoms with van der Waals surface area (Å²) in [4.78, 5) is 11.6. The van der Waals surface area contributed by atoms with E-state index in [2.05, 4.69) is 15.7 Å². The second kappa shape index (κ2) is 6.91. The Morgan fingerprint density at radius 1 is 1.45 bits per heavy atom. The first-order valence-corrected chi connectivity index (χ1v) is 6.50. The molecule has 0 aliphatic rings. The van der Waals surface area contributed by atoms with Crippen molar-refractivity contribution in [3.63, 3.8) is 0 Å². The number of benzene rings is 1. The largest absolute Gasteiger partial charge is 0.338 e. The lowest BCUT2D eigenvalue weighted by molar-refractivity contribution is 0.251. The highest BCUT2D eigenvalue weighted by atomic mass is 35.5. The molecule has 1 heterocycles. The Kier molecular flexibility index (Phi) is 4.95. The standard InChI is InChI=1S/C13H14ClFN4O/c14-11-9-10(3-4-12(11)15)18-13(20)16-5-1-7-19-8-2-6-17-19/h2-4,6,8-9H,1,5,7H2,(H2,16,18,20). The highest BCUT2D eigenvalue weighted by Crippen LogP contribution is 2.19. The number of nitrogens with zero attached hydrogens (tertiary/aromatic N) is 2. The van der Waals surface area contributed by atoms with Crippen LogP contribution in [0.25, 0.3) is 0 Å². The molecule has 2 rings (SSSR count). The molecular weight excluding hydrogens is 283 g/mol. The lowest BCUT2D eigenvalue weighted by Gasteiger charge is -2.08. The van der Waals surface area contributed by atoms with Gasteiger partial charge in [0.05, 0.1) is 5.02 Å². The van der Waals surface area contributed by atoms with Gasteiger partial charge in [-0.2, -0.15) is 5.10 Å². The fraction of sp³-hybridized carbons (Fsp3) is 0.231. The topological polar surface area (TPSA) is 59.0 Å². The Morgan fingerprint density at radius 3 is 3.00 bits per heavy atom. The molecule has 0 spiro atoms. The van der Waals surface area contributed by atoms with Crippen molar-refractivity contribution in [2.24, 2.45) is 0 Å². The number of rotatable bonds is 5. The lowest BCUT2D eigenvalue weighted by Crippen LogP contribution is -2.30. The van der Waals surface area contributed by atoms with Crippen molar-refractivity contribution in [3.05, 3.63) is 47.5 Å². The third kappa shape index (κ3) is 4.24. The van der Waals surface area contributed by atoms with Gasteiger partial charge in [-0.25, -0.2) is 9.18 Å². The molecule has 1 aromatic carbocycles. The van der Waals surface area contributed by atoms with Crippen LogP contribution in [0.1, 0.15) is 6.42 Å². The molecule has 20 heavy (non-hydrogen) atoms. The first-order chi connectivity index (χ1) is 9.65. The summed E-state index contributed by atoms with van der Waals surface area (Å²) in [6.07, 6.45) is 4.33. The van der Waals surface area contributed by atoms with Crippen LogP contribution in [0.2, 0.25) is 5.02 Å². The summed E-state index contributed by atoms with van der Waals surface area (Å²) in [7, 11) is 0. The molecule has 0 unspecified atom stereocenters.